The van der Waals surface area contributed by atoms with Gasteiger partial charge in [-0.1, -0.05) is 47.5 Å². The van der Waals surface area contributed by atoms with Gasteiger partial charge in [-0.05, 0) is 164 Å². The molecule has 0 spiro atoms. The molecule has 63 heavy (non-hydrogen) atoms. The molecule has 336 valence electrons. The smallest absolute Gasteiger partial charge is 0.187 e. The van der Waals surface area contributed by atoms with Gasteiger partial charge in [-0.15, -0.1) is 0 Å². The molecule has 3 N–H and O–H groups in total. The Morgan fingerprint density at radius 3 is 1.83 bits per heavy atom. The van der Waals surface area contributed by atoms with Crippen molar-refractivity contribution in [2.75, 3.05) is 82.9 Å². The van der Waals surface area contributed by atoms with Crippen LogP contribution in [0.15, 0.2) is 70.4 Å². The van der Waals surface area contributed by atoms with Gasteiger partial charge in [-0.25, -0.2) is 19.9 Å². The molecular formula is C45H56Br2Cl2N12O2. The molecular weight excluding hydrogens is 971 g/mol. The first-order valence-electron chi connectivity index (χ1n) is 22.0. The summed E-state index contributed by atoms with van der Waals surface area (Å²) in [6.45, 7) is 8.60. The van der Waals surface area contributed by atoms with E-state index >= 15 is 0 Å². The van der Waals surface area contributed by atoms with Crippen LogP contribution in [0.3, 0.4) is 0 Å². The van der Waals surface area contributed by atoms with Gasteiger partial charge in [-0.3, -0.25) is 10.2 Å². The number of H-pyrrole nitrogens is 2. The van der Waals surface area contributed by atoms with Crippen LogP contribution in [-0.2, 0) is 10.3 Å². The molecule has 0 bridgehead atoms. The average molecular weight is 1030 g/mol. The van der Waals surface area contributed by atoms with Gasteiger partial charge in [0.25, 0.3) is 0 Å². The molecule has 0 radical (unpaired) electrons. The third kappa shape index (κ3) is 11.0. The fourth-order valence-corrected chi connectivity index (χ4v) is 10.7. The molecule has 2 atom stereocenters. The summed E-state index contributed by atoms with van der Waals surface area (Å²) in [4.78, 5) is 26.9. The number of rotatable bonds is 14. The Hall–Kier alpha value is -3.48. The van der Waals surface area contributed by atoms with Crippen molar-refractivity contribution in [3.8, 4) is 0 Å². The Morgan fingerprint density at radius 1 is 0.762 bits per heavy atom. The molecule has 3 fully saturated rings. The second-order valence-corrected chi connectivity index (χ2v) is 19.6. The lowest BCUT2D eigenvalue weighted by atomic mass is 9.73. The summed E-state index contributed by atoms with van der Waals surface area (Å²) in [6, 6.07) is 15.9. The van der Waals surface area contributed by atoms with Crippen LogP contribution in [0.2, 0.25) is 10.0 Å². The zero-order valence-corrected chi connectivity index (χ0v) is 40.5. The molecule has 0 aliphatic carbocycles. The Balaban J connectivity index is 0.000000173. The number of ether oxygens (including phenoxy) is 1. The van der Waals surface area contributed by atoms with Gasteiger partial charge in [-0.2, -0.15) is 10.2 Å². The fraction of sp³-hybridized carbons (Fsp3) is 0.511. The summed E-state index contributed by atoms with van der Waals surface area (Å²) in [5.74, 6) is 2.44. The van der Waals surface area contributed by atoms with Crippen LogP contribution in [0.4, 0.5) is 11.6 Å². The lowest BCUT2D eigenvalue weighted by molar-refractivity contribution is -0.0439. The minimum Gasteiger partial charge on any atom is -0.385 e. The van der Waals surface area contributed by atoms with Gasteiger partial charge in [0.2, 0.25) is 0 Å². The van der Waals surface area contributed by atoms with E-state index in [4.69, 9.17) is 27.9 Å². The van der Waals surface area contributed by atoms with E-state index in [2.05, 4.69) is 118 Å². The second-order valence-electron chi connectivity index (χ2n) is 17.2. The van der Waals surface area contributed by atoms with E-state index in [1.165, 1.54) is 31.5 Å². The molecule has 3 saturated heterocycles. The number of piperidine rings is 2. The van der Waals surface area contributed by atoms with Gasteiger partial charge < -0.3 is 29.4 Å². The molecule has 4 aromatic heterocycles. The zero-order chi connectivity index (χ0) is 43.9. The van der Waals surface area contributed by atoms with Crippen LogP contribution in [0.1, 0.15) is 68.6 Å². The van der Waals surface area contributed by atoms with Crippen LogP contribution < -0.4 is 9.80 Å². The average Bonchev–Trinajstić information content (AvgIpc) is 4.07. The molecule has 18 heteroatoms. The number of likely N-dealkylation sites (tertiary alicyclic amines) is 1. The minimum atomic E-state index is -0.871. The first-order chi connectivity index (χ1) is 30.6. The number of fused-ring (bicyclic) bond motifs is 2. The normalized spacial score (nSPS) is 18.3. The van der Waals surface area contributed by atoms with E-state index in [1.54, 1.807) is 12.7 Å². The molecule has 2 aromatic carbocycles. The number of benzene rings is 2. The van der Waals surface area contributed by atoms with E-state index in [1.807, 2.05) is 36.4 Å². The van der Waals surface area contributed by atoms with Gasteiger partial charge >= 0.3 is 0 Å². The van der Waals surface area contributed by atoms with E-state index in [0.717, 1.165) is 127 Å². The SMILES string of the molecule is CN(C)CCCC(O)(c1ccc(Cl)cc1)C1CCN(c2ncnc3n[nH]c(Br)c23)CC1.Clc1ccc([C@H](OCCN2CCCC2)C2CCN(c3ncnc4n[nH]c(Br)c34)CC2)cc1. The van der Waals surface area contributed by atoms with Crippen molar-refractivity contribution in [2.24, 2.45) is 11.8 Å². The summed E-state index contributed by atoms with van der Waals surface area (Å²) in [5.41, 5.74) is 2.64. The van der Waals surface area contributed by atoms with Crippen molar-refractivity contribution < 1.29 is 9.84 Å². The van der Waals surface area contributed by atoms with Crippen molar-refractivity contribution in [3.63, 3.8) is 0 Å². The number of nitrogens with one attached hydrogen (secondary N) is 2. The quantitative estimate of drug-likeness (QED) is 0.0955. The first kappa shape index (κ1) is 46.1. The lowest BCUT2D eigenvalue weighted by Crippen LogP contribution is -2.44. The lowest BCUT2D eigenvalue weighted by Gasteiger charge is -2.42. The van der Waals surface area contributed by atoms with Crippen molar-refractivity contribution in [3.05, 3.63) is 91.6 Å². The molecule has 3 aliphatic heterocycles. The monoisotopic (exact) mass is 1020 g/mol. The fourth-order valence-electron chi connectivity index (χ4n) is 9.53. The van der Waals surface area contributed by atoms with Gasteiger partial charge in [0.15, 0.2) is 11.3 Å². The van der Waals surface area contributed by atoms with Crippen LogP contribution >= 0.6 is 55.1 Å². The van der Waals surface area contributed by atoms with E-state index in [0.29, 0.717) is 22.2 Å². The van der Waals surface area contributed by atoms with Crippen LogP contribution in [0.25, 0.3) is 22.1 Å². The van der Waals surface area contributed by atoms with Crippen LogP contribution in [0.5, 0.6) is 0 Å². The molecule has 1 unspecified atom stereocenters. The molecule has 0 amide bonds. The Labute approximate surface area is 395 Å². The Morgan fingerprint density at radius 2 is 1.29 bits per heavy atom. The summed E-state index contributed by atoms with van der Waals surface area (Å²) < 4.78 is 8.16. The van der Waals surface area contributed by atoms with Crippen molar-refractivity contribution >= 4 is 88.8 Å². The number of aromatic amines is 2. The molecule has 6 aromatic rings. The number of anilines is 2. The number of halogens is 4. The number of hydrogen-bond acceptors (Lipinski definition) is 12. The molecule has 7 heterocycles. The molecule has 0 saturated carbocycles. The summed E-state index contributed by atoms with van der Waals surface area (Å²) >= 11 is 19.3. The second kappa shape index (κ2) is 21.2. The largest absolute Gasteiger partial charge is 0.385 e. The maximum absolute atomic E-state index is 11.9. The van der Waals surface area contributed by atoms with E-state index in [9.17, 15) is 5.11 Å². The van der Waals surface area contributed by atoms with E-state index in [-0.39, 0.29) is 12.0 Å². The molecule has 14 nitrogen and oxygen atoms in total. The summed E-state index contributed by atoms with van der Waals surface area (Å²) in [5, 5.41) is 29.6. The Kier molecular flexibility index (Phi) is 15.5. The van der Waals surface area contributed by atoms with E-state index < -0.39 is 5.60 Å². The van der Waals surface area contributed by atoms with Crippen molar-refractivity contribution in [2.45, 2.75) is 63.1 Å². The first-order valence-corrected chi connectivity index (χ1v) is 24.3. The van der Waals surface area contributed by atoms with Crippen molar-refractivity contribution in [1.82, 2.24) is 50.1 Å². The highest BCUT2D eigenvalue weighted by Crippen LogP contribution is 2.42. The minimum absolute atomic E-state index is 0.0862. The number of aliphatic hydroxyl groups is 1. The number of hydrogen-bond donors (Lipinski definition) is 3. The maximum Gasteiger partial charge on any atom is 0.187 e. The predicted molar refractivity (Wildman–Crippen MR) is 258 cm³/mol. The summed E-state index contributed by atoms with van der Waals surface area (Å²) in [7, 11) is 4.13. The van der Waals surface area contributed by atoms with Gasteiger partial charge in [0, 0.05) is 42.8 Å². The third-order valence-electron chi connectivity index (χ3n) is 12.9. The highest BCUT2D eigenvalue weighted by molar-refractivity contribution is 9.10. The highest BCUT2D eigenvalue weighted by atomic mass is 79.9. The van der Waals surface area contributed by atoms with Crippen molar-refractivity contribution in [1.29, 1.82) is 0 Å². The van der Waals surface area contributed by atoms with Crippen LogP contribution in [0, 0.1) is 11.8 Å². The Bertz CT molecular complexity index is 2380. The standard InChI is InChI=1S/C23H28BrClN6O.C22H28BrClN6O/c24-21-19-22(29-28-21)26-15-27-23(19)31-11-7-17(8-12-31)20(16-3-5-18(25)6-4-16)32-14-13-30-9-1-2-10-30;1-29(2)11-3-10-22(31,15-4-6-17(24)7-5-15)16-8-12-30(13-9-16)21-18-19(23)27-28-20(18)25-14-26-21/h3-6,15,17,20H,1-2,7-14H2,(H,26,27,28,29);4-7,14,16,31H,3,8-13H2,1-2H3,(H,25,26,27,28)/t20-;/m0./s1. The zero-order valence-electron chi connectivity index (χ0n) is 35.9. The highest BCUT2D eigenvalue weighted by Gasteiger charge is 2.40. The third-order valence-corrected chi connectivity index (χ3v) is 14.6. The molecule has 9 rings (SSSR count). The van der Waals surface area contributed by atoms with Gasteiger partial charge in [0.1, 0.15) is 33.5 Å². The van der Waals surface area contributed by atoms with Crippen LogP contribution in [-0.4, -0.2) is 128 Å². The van der Waals surface area contributed by atoms with Gasteiger partial charge in [0.05, 0.1) is 29.1 Å². The number of aromatic nitrogens is 8. The summed E-state index contributed by atoms with van der Waals surface area (Å²) in [6.07, 6.45) is 11.3. The topological polar surface area (TPSA) is 151 Å². The number of nitrogens with zero attached hydrogens (tertiary/aromatic N) is 10. The molecule has 3 aliphatic rings. The predicted octanol–water partition coefficient (Wildman–Crippen LogP) is 9.05. The maximum atomic E-state index is 11.9.